The van der Waals surface area contributed by atoms with Crippen LogP contribution in [-0.4, -0.2) is 42.4 Å². The summed E-state index contributed by atoms with van der Waals surface area (Å²) in [6.07, 6.45) is 0.299. The molecule has 1 amide bonds. The number of ketones is 1. The first-order chi connectivity index (χ1) is 11.7. The van der Waals surface area contributed by atoms with Crippen molar-refractivity contribution in [2.75, 3.05) is 19.8 Å². The van der Waals surface area contributed by atoms with Gasteiger partial charge >= 0.3 is 0 Å². The molecule has 2 aromatic rings. The van der Waals surface area contributed by atoms with Gasteiger partial charge in [0.25, 0.3) is 0 Å². The zero-order chi connectivity index (χ0) is 16.9. The van der Waals surface area contributed by atoms with Gasteiger partial charge in [-0.15, -0.1) is 11.3 Å². The predicted molar refractivity (Wildman–Crippen MR) is 94.4 cm³/mol. The van der Waals surface area contributed by atoms with Gasteiger partial charge in [0.1, 0.15) is 0 Å². The summed E-state index contributed by atoms with van der Waals surface area (Å²) in [5.41, 5.74) is 0.682. The van der Waals surface area contributed by atoms with Crippen molar-refractivity contribution in [3.8, 4) is 0 Å². The number of hydrogen-bond acceptors (Lipinski definition) is 4. The lowest BCUT2D eigenvalue weighted by molar-refractivity contribution is -0.140. The maximum atomic E-state index is 12.9. The Bertz CT molecular complexity index is 684. The molecule has 1 aliphatic rings. The number of carbonyl (C=O) groups is 2. The van der Waals surface area contributed by atoms with E-state index in [0.29, 0.717) is 31.7 Å². The summed E-state index contributed by atoms with van der Waals surface area (Å²) < 4.78 is 5.53. The molecule has 1 aromatic heterocycles. The molecule has 1 saturated heterocycles. The van der Waals surface area contributed by atoms with Gasteiger partial charge in [-0.3, -0.25) is 9.59 Å². The molecule has 0 unspecified atom stereocenters. The molecule has 0 spiro atoms. The third-order valence-electron chi connectivity index (χ3n) is 4.37. The van der Waals surface area contributed by atoms with E-state index in [0.717, 1.165) is 4.88 Å². The summed E-state index contributed by atoms with van der Waals surface area (Å²) in [5, 5.41) is 1.98. The third-order valence-corrected chi connectivity index (χ3v) is 5.42. The molecule has 0 bridgehead atoms. The lowest BCUT2D eigenvalue weighted by Crippen LogP contribution is -2.50. The molecule has 24 heavy (non-hydrogen) atoms. The van der Waals surface area contributed by atoms with E-state index < -0.39 is 0 Å². The van der Waals surface area contributed by atoms with Crippen LogP contribution in [0.5, 0.6) is 0 Å². The van der Waals surface area contributed by atoms with Crippen molar-refractivity contribution in [3.63, 3.8) is 0 Å². The number of nitrogens with zero attached hydrogens (tertiary/aromatic N) is 1. The minimum atomic E-state index is -0.193. The Kier molecular flexibility index (Phi) is 5.43. The number of amides is 1. The van der Waals surface area contributed by atoms with Gasteiger partial charge in [0.15, 0.2) is 5.78 Å². The van der Waals surface area contributed by atoms with Crippen LogP contribution < -0.4 is 0 Å². The van der Waals surface area contributed by atoms with E-state index in [4.69, 9.17) is 4.74 Å². The number of carbonyl (C=O) groups excluding carboxylic acids is 2. The number of hydrogen-bond donors (Lipinski definition) is 0. The summed E-state index contributed by atoms with van der Waals surface area (Å²) in [7, 11) is 0. The molecule has 1 aliphatic heterocycles. The van der Waals surface area contributed by atoms with Crippen LogP contribution in [0.1, 0.15) is 34.5 Å². The minimum Gasteiger partial charge on any atom is -0.377 e. The van der Waals surface area contributed by atoms with Crippen LogP contribution >= 0.6 is 11.3 Å². The molecule has 3 rings (SSSR count). The van der Waals surface area contributed by atoms with Crippen LogP contribution in [0.25, 0.3) is 0 Å². The highest BCUT2D eigenvalue weighted by molar-refractivity contribution is 7.10. The van der Waals surface area contributed by atoms with Crippen LogP contribution in [0, 0.1) is 0 Å². The topological polar surface area (TPSA) is 46.6 Å². The van der Waals surface area contributed by atoms with E-state index in [-0.39, 0.29) is 23.7 Å². The second-order valence-corrected chi connectivity index (χ2v) is 6.97. The molecular weight excluding hydrogens is 322 g/mol. The molecule has 0 saturated carbocycles. The lowest BCUT2D eigenvalue weighted by Gasteiger charge is -2.36. The van der Waals surface area contributed by atoms with E-state index >= 15 is 0 Å². The Morgan fingerprint density at radius 3 is 2.75 bits per heavy atom. The number of ether oxygens (including phenoxy) is 1. The van der Waals surface area contributed by atoms with Crippen molar-refractivity contribution in [3.05, 3.63) is 58.3 Å². The molecule has 4 nitrogen and oxygen atoms in total. The fourth-order valence-corrected chi connectivity index (χ4v) is 3.75. The standard InChI is InChI=1S/C19H21NO3S/c1-14(18-8-5-11-24-18)19(22)20-9-10-23-13-16(20)12-17(21)15-6-3-2-4-7-15/h2-8,11,14,16H,9-10,12-13H2,1H3/t14-,16+/m0/s1. The molecule has 2 heterocycles. The quantitative estimate of drug-likeness (QED) is 0.782. The van der Waals surface area contributed by atoms with Crippen molar-refractivity contribution in [1.29, 1.82) is 0 Å². The van der Waals surface area contributed by atoms with E-state index in [1.54, 1.807) is 11.3 Å². The summed E-state index contributed by atoms with van der Waals surface area (Å²) >= 11 is 1.59. The molecule has 0 radical (unpaired) electrons. The van der Waals surface area contributed by atoms with Crippen molar-refractivity contribution >= 4 is 23.0 Å². The zero-order valence-corrected chi connectivity index (χ0v) is 14.5. The van der Waals surface area contributed by atoms with Crippen LogP contribution in [-0.2, 0) is 9.53 Å². The van der Waals surface area contributed by atoms with Crippen molar-refractivity contribution in [2.24, 2.45) is 0 Å². The van der Waals surface area contributed by atoms with Gasteiger partial charge in [0.05, 0.1) is 25.2 Å². The monoisotopic (exact) mass is 343 g/mol. The summed E-state index contributed by atoms with van der Waals surface area (Å²) in [6.45, 7) is 3.42. The SMILES string of the molecule is C[C@H](C(=O)N1CCOC[C@H]1CC(=O)c1ccccc1)c1cccs1. The molecule has 126 valence electrons. The van der Waals surface area contributed by atoms with E-state index in [9.17, 15) is 9.59 Å². The van der Waals surface area contributed by atoms with Gasteiger partial charge in [-0.25, -0.2) is 0 Å². The van der Waals surface area contributed by atoms with Crippen molar-refractivity contribution in [1.82, 2.24) is 4.90 Å². The summed E-state index contributed by atoms with van der Waals surface area (Å²) in [5.74, 6) is -0.0586. The molecule has 0 N–H and O–H groups in total. The summed E-state index contributed by atoms with van der Waals surface area (Å²) in [6, 6.07) is 13.0. The second kappa shape index (κ2) is 7.73. The van der Waals surface area contributed by atoms with Crippen molar-refractivity contribution < 1.29 is 14.3 Å². The Morgan fingerprint density at radius 1 is 1.25 bits per heavy atom. The van der Waals surface area contributed by atoms with Gasteiger partial charge in [-0.05, 0) is 18.4 Å². The smallest absolute Gasteiger partial charge is 0.231 e. The van der Waals surface area contributed by atoms with Crippen LogP contribution in [0.15, 0.2) is 47.8 Å². The fraction of sp³-hybridized carbons (Fsp3) is 0.368. The van der Waals surface area contributed by atoms with Crippen LogP contribution in [0.3, 0.4) is 0 Å². The minimum absolute atomic E-state index is 0.0488. The first kappa shape index (κ1) is 16.9. The van der Waals surface area contributed by atoms with Gasteiger partial charge in [0, 0.05) is 23.4 Å². The molecule has 2 atom stereocenters. The first-order valence-electron chi connectivity index (χ1n) is 8.16. The maximum absolute atomic E-state index is 12.9. The van der Waals surface area contributed by atoms with Crippen molar-refractivity contribution in [2.45, 2.75) is 25.3 Å². The molecule has 0 aliphatic carbocycles. The van der Waals surface area contributed by atoms with Gasteiger partial charge in [0.2, 0.25) is 5.91 Å². The average Bonchev–Trinajstić information content (AvgIpc) is 3.16. The van der Waals surface area contributed by atoms with E-state index in [2.05, 4.69) is 0 Å². The third kappa shape index (κ3) is 3.74. The van der Waals surface area contributed by atoms with E-state index in [1.807, 2.05) is 59.7 Å². The number of Topliss-reactive ketones (excluding diaryl/α,β-unsaturated/α-hetero) is 1. The highest BCUT2D eigenvalue weighted by Gasteiger charge is 2.32. The highest BCUT2D eigenvalue weighted by Crippen LogP contribution is 2.25. The van der Waals surface area contributed by atoms with Crippen LogP contribution in [0.4, 0.5) is 0 Å². The maximum Gasteiger partial charge on any atom is 0.231 e. The normalized spacial score (nSPS) is 19.0. The lowest BCUT2D eigenvalue weighted by atomic mass is 10.0. The average molecular weight is 343 g/mol. The second-order valence-electron chi connectivity index (χ2n) is 5.99. The Hall–Kier alpha value is -1.98. The highest BCUT2D eigenvalue weighted by atomic mass is 32.1. The van der Waals surface area contributed by atoms with Gasteiger partial charge < -0.3 is 9.64 Å². The Morgan fingerprint density at radius 2 is 2.04 bits per heavy atom. The molecule has 5 heteroatoms. The molecule has 1 aromatic carbocycles. The van der Waals surface area contributed by atoms with Gasteiger partial charge in [-0.1, -0.05) is 36.4 Å². The molecular formula is C19H21NO3S. The predicted octanol–water partition coefficient (Wildman–Crippen LogP) is 3.35. The first-order valence-corrected chi connectivity index (χ1v) is 9.04. The zero-order valence-electron chi connectivity index (χ0n) is 13.7. The van der Waals surface area contributed by atoms with Gasteiger partial charge in [-0.2, -0.15) is 0 Å². The Labute approximate surface area is 146 Å². The fourth-order valence-electron chi connectivity index (χ4n) is 2.98. The number of rotatable bonds is 5. The number of morpholine rings is 1. The number of benzene rings is 1. The summed E-state index contributed by atoms with van der Waals surface area (Å²) in [4.78, 5) is 28.3. The van der Waals surface area contributed by atoms with Crippen LogP contribution in [0.2, 0.25) is 0 Å². The number of thiophene rings is 1. The Balaban J connectivity index is 1.71. The van der Waals surface area contributed by atoms with E-state index in [1.165, 1.54) is 0 Å². The molecule has 1 fully saturated rings. The largest absolute Gasteiger partial charge is 0.377 e.